The molecule has 1 rings (SSSR count). The van der Waals surface area contributed by atoms with Crippen LogP contribution in [-0.2, 0) is 16.0 Å². The van der Waals surface area contributed by atoms with Crippen molar-refractivity contribution in [3.05, 3.63) is 29.8 Å². The van der Waals surface area contributed by atoms with Crippen LogP contribution in [0.15, 0.2) is 24.3 Å². The van der Waals surface area contributed by atoms with Gasteiger partial charge in [-0.15, -0.1) is 0 Å². The molecular weight excluding hydrogens is 218 g/mol. The average molecular weight is 235 g/mol. The summed E-state index contributed by atoms with van der Waals surface area (Å²) in [6, 6.07) is 6.82. The van der Waals surface area contributed by atoms with Crippen molar-refractivity contribution < 1.29 is 9.59 Å². The molecule has 0 radical (unpaired) electrons. The summed E-state index contributed by atoms with van der Waals surface area (Å²) in [5, 5.41) is 5.60. The minimum absolute atomic E-state index is 0.115. The lowest BCUT2D eigenvalue weighted by Gasteiger charge is -2.13. The van der Waals surface area contributed by atoms with Crippen LogP contribution in [-0.4, -0.2) is 24.9 Å². The van der Waals surface area contributed by atoms with E-state index >= 15 is 0 Å². The summed E-state index contributed by atoms with van der Waals surface area (Å²) in [6.45, 7) is 1.76. The Morgan fingerprint density at radius 1 is 1.35 bits per heavy atom. The van der Waals surface area contributed by atoms with E-state index in [1.165, 1.54) is 0 Å². The molecule has 1 unspecified atom stereocenters. The standard InChI is InChI=1S/C12H17N3O2/c1-8(14-2)12(17)15-10-6-4-3-5-9(10)7-11(13)16/h3-6,8,14H,7H2,1-2H3,(H2,13,16)(H,15,17). The molecule has 0 bridgehead atoms. The van der Waals surface area contributed by atoms with Crippen LogP contribution in [0.1, 0.15) is 12.5 Å². The van der Waals surface area contributed by atoms with Crippen molar-refractivity contribution >= 4 is 17.5 Å². The molecular formula is C12H17N3O2. The van der Waals surface area contributed by atoms with Crippen molar-refractivity contribution in [3.63, 3.8) is 0 Å². The number of primary amides is 1. The number of benzene rings is 1. The molecule has 0 heterocycles. The Balaban J connectivity index is 2.83. The fraction of sp³-hybridized carbons (Fsp3) is 0.333. The summed E-state index contributed by atoms with van der Waals surface area (Å²) in [6.07, 6.45) is 0.115. The lowest BCUT2D eigenvalue weighted by Crippen LogP contribution is -2.35. The molecule has 1 aromatic rings. The van der Waals surface area contributed by atoms with Gasteiger partial charge in [0.05, 0.1) is 12.5 Å². The zero-order valence-electron chi connectivity index (χ0n) is 9.99. The van der Waals surface area contributed by atoms with Crippen LogP contribution in [0, 0.1) is 0 Å². The highest BCUT2D eigenvalue weighted by Gasteiger charge is 2.12. The van der Waals surface area contributed by atoms with E-state index in [2.05, 4.69) is 10.6 Å². The fourth-order valence-electron chi connectivity index (χ4n) is 1.36. The lowest BCUT2D eigenvalue weighted by atomic mass is 10.1. The van der Waals surface area contributed by atoms with Gasteiger partial charge >= 0.3 is 0 Å². The number of para-hydroxylation sites is 1. The van der Waals surface area contributed by atoms with E-state index in [-0.39, 0.29) is 18.4 Å². The molecule has 5 nitrogen and oxygen atoms in total. The molecule has 5 heteroatoms. The Morgan fingerprint density at radius 3 is 2.59 bits per heavy atom. The molecule has 0 aromatic heterocycles. The van der Waals surface area contributed by atoms with Crippen LogP contribution in [0.2, 0.25) is 0 Å². The molecule has 2 amide bonds. The number of anilines is 1. The Bertz CT molecular complexity index is 418. The second-order valence-electron chi connectivity index (χ2n) is 3.80. The molecule has 0 saturated heterocycles. The number of hydrogen-bond donors (Lipinski definition) is 3. The Hall–Kier alpha value is -1.88. The van der Waals surface area contributed by atoms with Crippen molar-refractivity contribution in [2.75, 3.05) is 12.4 Å². The first-order valence-corrected chi connectivity index (χ1v) is 5.39. The molecule has 1 atom stereocenters. The van der Waals surface area contributed by atoms with Gasteiger partial charge in [0.25, 0.3) is 0 Å². The van der Waals surface area contributed by atoms with Crippen molar-refractivity contribution in [2.45, 2.75) is 19.4 Å². The maximum atomic E-state index is 11.7. The van der Waals surface area contributed by atoms with Gasteiger partial charge in [-0.3, -0.25) is 9.59 Å². The third-order valence-electron chi connectivity index (χ3n) is 2.47. The third-order valence-corrected chi connectivity index (χ3v) is 2.47. The van der Waals surface area contributed by atoms with Gasteiger partial charge in [0.2, 0.25) is 11.8 Å². The van der Waals surface area contributed by atoms with E-state index in [9.17, 15) is 9.59 Å². The van der Waals surface area contributed by atoms with Gasteiger partial charge in [0, 0.05) is 5.69 Å². The van der Waals surface area contributed by atoms with E-state index in [1.54, 1.807) is 38.2 Å². The van der Waals surface area contributed by atoms with E-state index in [0.717, 1.165) is 5.56 Å². The Kier molecular flexibility index (Phi) is 4.66. The number of nitrogens with two attached hydrogens (primary N) is 1. The summed E-state index contributed by atoms with van der Waals surface area (Å²) < 4.78 is 0. The molecule has 0 aliphatic rings. The number of hydrogen-bond acceptors (Lipinski definition) is 3. The zero-order chi connectivity index (χ0) is 12.8. The maximum Gasteiger partial charge on any atom is 0.241 e. The normalized spacial score (nSPS) is 11.9. The summed E-state index contributed by atoms with van der Waals surface area (Å²) in [5.41, 5.74) is 6.49. The molecule has 0 aliphatic carbocycles. The molecule has 0 fully saturated rings. The fourth-order valence-corrected chi connectivity index (χ4v) is 1.36. The number of rotatable bonds is 5. The second kappa shape index (κ2) is 6.00. The van der Waals surface area contributed by atoms with Crippen molar-refractivity contribution in [2.24, 2.45) is 5.73 Å². The SMILES string of the molecule is CNC(C)C(=O)Nc1ccccc1CC(N)=O. The molecule has 92 valence electrons. The molecule has 0 spiro atoms. The topological polar surface area (TPSA) is 84.2 Å². The van der Waals surface area contributed by atoms with Crippen LogP contribution in [0.5, 0.6) is 0 Å². The summed E-state index contributed by atoms with van der Waals surface area (Å²) in [7, 11) is 1.71. The maximum absolute atomic E-state index is 11.7. The van der Waals surface area contributed by atoms with Crippen molar-refractivity contribution in [1.29, 1.82) is 0 Å². The minimum Gasteiger partial charge on any atom is -0.369 e. The van der Waals surface area contributed by atoms with Gasteiger partial charge in [0.1, 0.15) is 0 Å². The molecule has 1 aromatic carbocycles. The Labute approximate surface area is 100 Å². The van der Waals surface area contributed by atoms with Crippen molar-refractivity contribution in [3.8, 4) is 0 Å². The largest absolute Gasteiger partial charge is 0.369 e. The number of nitrogens with one attached hydrogen (secondary N) is 2. The van der Waals surface area contributed by atoms with Crippen LogP contribution in [0.4, 0.5) is 5.69 Å². The van der Waals surface area contributed by atoms with E-state index in [1.807, 2.05) is 0 Å². The summed E-state index contributed by atoms with van der Waals surface area (Å²) >= 11 is 0. The summed E-state index contributed by atoms with van der Waals surface area (Å²) in [4.78, 5) is 22.6. The monoisotopic (exact) mass is 235 g/mol. The average Bonchev–Trinajstić information content (AvgIpc) is 2.29. The third kappa shape index (κ3) is 3.88. The summed E-state index contributed by atoms with van der Waals surface area (Å²) in [5.74, 6) is -0.571. The van der Waals surface area contributed by atoms with E-state index in [0.29, 0.717) is 5.69 Å². The minimum atomic E-state index is -0.423. The van der Waals surface area contributed by atoms with Crippen LogP contribution in [0.3, 0.4) is 0 Å². The van der Waals surface area contributed by atoms with E-state index < -0.39 is 5.91 Å². The highest BCUT2D eigenvalue weighted by atomic mass is 16.2. The zero-order valence-corrected chi connectivity index (χ0v) is 9.99. The van der Waals surface area contributed by atoms with Gasteiger partial charge in [-0.25, -0.2) is 0 Å². The first-order valence-electron chi connectivity index (χ1n) is 5.39. The number of likely N-dealkylation sites (N-methyl/N-ethyl adjacent to an activating group) is 1. The van der Waals surface area contributed by atoms with E-state index in [4.69, 9.17) is 5.73 Å². The second-order valence-corrected chi connectivity index (χ2v) is 3.80. The van der Waals surface area contributed by atoms with Gasteiger partial charge in [-0.1, -0.05) is 18.2 Å². The first kappa shape index (κ1) is 13.2. The number of carbonyl (C=O) groups is 2. The number of amides is 2. The van der Waals surface area contributed by atoms with Crippen LogP contribution < -0.4 is 16.4 Å². The van der Waals surface area contributed by atoms with Crippen molar-refractivity contribution in [1.82, 2.24) is 5.32 Å². The molecule has 4 N–H and O–H groups in total. The number of carbonyl (C=O) groups excluding carboxylic acids is 2. The quantitative estimate of drug-likeness (QED) is 0.684. The van der Waals surface area contributed by atoms with Gasteiger partial charge in [-0.2, -0.15) is 0 Å². The highest BCUT2D eigenvalue weighted by Crippen LogP contribution is 2.15. The predicted octanol–water partition coefficient (Wildman–Crippen LogP) is 0.261. The van der Waals surface area contributed by atoms with Gasteiger partial charge in [-0.05, 0) is 25.6 Å². The Morgan fingerprint density at radius 2 is 2.00 bits per heavy atom. The molecule has 0 aliphatic heterocycles. The van der Waals surface area contributed by atoms with Crippen LogP contribution in [0.25, 0.3) is 0 Å². The molecule has 0 saturated carbocycles. The lowest BCUT2D eigenvalue weighted by molar-refractivity contribution is -0.118. The smallest absolute Gasteiger partial charge is 0.241 e. The van der Waals surface area contributed by atoms with Crippen LogP contribution >= 0.6 is 0 Å². The first-order chi connectivity index (χ1) is 8.04. The highest BCUT2D eigenvalue weighted by molar-refractivity contribution is 5.95. The van der Waals surface area contributed by atoms with Gasteiger partial charge in [0.15, 0.2) is 0 Å². The predicted molar refractivity (Wildman–Crippen MR) is 66.5 cm³/mol. The van der Waals surface area contributed by atoms with Gasteiger partial charge < -0.3 is 16.4 Å². The molecule has 17 heavy (non-hydrogen) atoms.